The molecule has 1 atom stereocenters. The lowest BCUT2D eigenvalue weighted by atomic mass is 10.1. The van der Waals surface area contributed by atoms with Gasteiger partial charge in [0.1, 0.15) is 11.6 Å². The molecule has 2 aromatic rings. The van der Waals surface area contributed by atoms with Gasteiger partial charge in [-0.3, -0.25) is 0 Å². The van der Waals surface area contributed by atoms with Gasteiger partial charge >= 0.3 is 0 Å². The average Bonchev–Trinajstić information content (AvgIpc) is 2.87. The highest BCUT2D eigenvalue weighted by Gasteiger charge is 2.23. The third-order valence-corrected chi connectivity index (χ3v) is 4.64. The van der Waals surface area contributed by atoms with Crippen molar-refractivity contribution in [1.82, 2.24) is 0 Å². The Morgan fingerprint density at radius 2 is 2.10 bits per heavy atom. The summed E-state index contributed by atoms with van der Waals surface area (Å²) < 4.78 is 19.3. The first-order valence-corrected chi connectivity index (χ1v) is 7.77. The molecule has 2 nitrogen and oxygen atoms in total. The van der Waals surface area contributed by atoms with E-state index < -0.39 is 0 Å². The number of benzene rings is 2. The lowest BCUT2D eigenvalue weighted by molar-refractivity contribution is 0.414. The zero-order valence-corrected chi connectivity index (χ0v) is 13.6. The largest absolute Gasteiger partial charge is 0.497 e. The predicted molar refractivity (Wildman–Crippen MR) is 86.5 cm³/mol. The Morgan fingerprint density at radius 3 is 2.86 bits per heavy atom. The fourth-order valence-corrected chi connectivity index (χ4v) is 3.19. The van der Waals surface area contributed by atoms with Gasteiger partial charge in [-0.2, -0.15) is 0 Å². The molecule has 1 N–H and O–H groups in total. The molecular formula is C17H17BrFNO. The molecule has 0 bridgehead atoms. The van der Waals surface area contributed by atoms with E-state index in [-0.39, 0.29) is 11.9 Å². The highest BCUT2D eigenvalue weighted by Crippen LogP contribution is 2.37. The van der Waals surface area contributed by atoms with Crippen molar-refractivity contribution in [2.24, 2.45) is 0 Å². The summed E-state index contributed by atoms with van der Waals surface area (Å²) in [4.78, 5) is 0. The quantitative estimate of drug-likeness (QED) is 0.841. The molecule has 1 unspecified atom stereocenters. The Balaban J connectivity index is 1.90. The van der Waals surface area contributed by atoms with E-state index in [9.17, 15) is 4.39 Å². The van der Waals surface area contributed by atoms with Crippen LogP contribution < -0.4 is 10.1 Å². The highest BCUT2D eigenvalue weighted by molar-refractivity contribution is 9.10. The van der Waals surface area contributed by atoms with Crippen molar-refractivity contribution in [3.05, 3.63) is 57.3 Å². The van der Waals surface area contributed by atoms with E-state index in [4.69, 9.17) is 4.74 Å². The highest BCUT2D eigenvalue weighted by atomic mass is 79.9. The van der Waals surface area contributed by atoms with Gasteiger partial charge in [0, 0.05) is 5.69 Å². The molecule has 2 aromatic carbocycles. The molecule has 1 aliphatic carbocycles. The second-order valence-corrected chi connectivity index (χ2v) is 6.24. The first kappa shape index (κ1) is 14.4. The van der Waals surface area contributed by atoms with Crippen LogP contribution in [0.25, 0.3) is 0 Å². The first-order chi connectivity index (χ1) is 10.1. The summed E-state index contributed by atoms with van der Waals surface area (Å²) >= 11 is 3.25. The molecule has 0 amide bonds. The smallest absolute Gasteiger partial charge is 0.137 e. The fourth-order valence-electron chi connectivity index (χ4n) is 2.85. The summed E-state index contributed by atoms with van der Waals surface area (Å²) in [5, 5.41) is 3.53. The minimum absolute atomic E-state index is 0.230. The van der Waals surface area contributed by atoms with Crippen molar-refractivity contribution in [3.8, 4) is 5.75 Å². The van der Waals surface area contributed by atoms with E-state index in [0.717, 1.165) is 29.8 Å². The maximum atomic E-state index is 13.5. The van der Waals surface area contributed by atoms with Crippen LogP contribution in [0.1, 0.15) is 29.2 Å². The number of nitrogens with one attached hydrogen (secondary N) is 1. The average molecular weight is 350 g/mol. The van der Waals surface area contributed by atoms with Crippen LogP contribution in [0.4, 0.5) is 10.1 Å². The van der Waals surface area contributed by atoms with E-state index in [1.165, 1.54) is 11.1 Å². The molecule has 3 rings (SSSR count). The number of aryl methyl sites for hydroxylation is 2. The van der Waals surface area contributed by atoms with Crippen molar-refractivity contribution in [1.29, 1.82) is 0 Å². The molecule has 0 saturated carbocycles. The van der Waals surface area contributed by atoms with Crippen molar-refractivity contribution in [2.45, 2.75) is 25.8 Å². The third kappa shape index (κ3) is 2.77. The zero-order chi connectivity index (χ0) is 15.0. The Hall–Kier alpha value is -1.55. The fraction of sp³-hybridized carbons (Fsp3) is 0.294. The molecule has 0 aliphatic heterocycles. The van der Waals surface area contributed by atoms with Crippen molar-refractivity contribution < 1.29 is 9.13 Å². The van der Waals surface area contributed by atoms with Gasteiger partial charge in [0.05, 0.1) is 17.6 Å². The second-order valence-electron chi connectivity index (χ2n) is 5.38. The van der Waals surface area contributed by atoms with Gasteiger partial charge in [0.25, 0.3) is 0 Å². The van der Waals surface area contributed by atoms with Gasteiger partial charge in [-0.05, 0) is 76.7 Å². The summed E-state index contributed by atoms with van der Waals surface area (Å²) in [5.74, 6) is 0.644. The lowest BCUT2D eigenvalue weighted by Gasteiger charge is -2.18. The number of hydrogen-bond donors (Lipinski definition) is 1. The van der Waals surface area contributed by atoms with E-state index in [1.807, 2.05) is 19.1 Å². The van der Waals surface area contributed by atoms with Gasteiger partial charge in [-0.15, -0.1) is 0 Å². The Kier molecular flexibility index (Phi) is 3.89. The normalized spacial score (nSPS) is 16.7. The maximum Gasteiger partial charge on any atom is 0.137 e. The molecule has 0 radical (unpaired) electrons. The molecule has 0 spiro atoms. The summed E-state index contributed by atoms with van der Waals surface area (Å²) in [6, 6.07) is 9.82. The molecule has 21 heavy (non-hydrogen) atoms. The van der Waals surface area contributed by atoms with Crippen LogP contribution in [0.15, 0.2) is 34.8 Å². The number of ether oxygens (including phenoxy) is 1. The minimum atomic E-state index is -0.230. The number of rotatable bonds is 3. The molecule has 0 saturated heterocycles. The SMILES string of the molecule is COc1ccc2c(c1)C(Nc1cc(Br)c(F)cc1C)CC2. The topological polar surface area (TPSA) is 21.3 Å². The summed E-state index contributed by atoms with van der Waals surface area (Å²) in [6.45, 7) is 1.92. The van der Waals surface area contributed by atoms with Crippen LogP contribution in [0, 0.1) is 12.7 Å². The van der Waals surface area contributed by atoms with Crippen LogP contribution in [0.3, 0.4) is 0 Å². The molecule has 1 aliphatic rings. The number of fused-ring (bicyclic) bond motifs is 1. The molecule has 110 valence electrons. The van der Waals surface area contributed by atoms with Crippen LogP contribution in [0.5, 0.6) is 5.75 Å². The van der Waals surface area contributed by atoms with Gasteiger partial charge in [0.2, 0.25) is 0 Å². The molecule has 0 fully saturated rings. The summed E-state index contributed by atoms with van der Waals surface area (Å²) in [6.07, 6.45) is 2.09. The van der Waals surface area contributed by atoms with Crippen molar-refractivity contribution in [2.75, 3.05) is 12.4 Å². The lowest BCUT2D eigenvalue weighted by Crippen LogP contribution is -2.08. The summed E-state index contributed by atoms with van der Waals surface area (Å²) in [7, 11) is 1.68. The third-order valence-electron chi connectivity index (χ3n) is 4.03. The standard InChI is InChI=1S/C17H17BrFNO/c1-10-7-15(19)14(18)9-17(10)20-16-6-4-11-3-5-12(21-2)8-13(11)16/h3,5,7-9,16,20H,4,6H2,1-2H3. The van der Waals surface area contributed by atoms with E-state index in [2.05, 4.69) is 33.4 Å². The second kappa shape index (κ2) is 5.68. The van der Waals surface area contributed by atoms with Crippen LogP contribution in [0.2, 0.25) is 0 Å². The predicted octanol–water partition coefficient (Wildman–Crippen LogP) is 5.00. The molecule has 0 aromatic heterocycles. The zero-order valence-electron chi connectivity index (χ0n) is 12.0. The van der Waals surface area contributed by atoms with Crippen molar-refractivity contribution in [3.63, 3.8) is 0 Å². The van der Waals surface area contributed by atoms with E-state index in [1.54, 1.807) is 13.2 Å². The Bertz CT molecular complexity index is 687. The number of methoxy groups -OCH3 is 1. The Labute approximate surface area is 132 Å². The Morgan fingerprint density at radius 1 is 1.29 bits per heavy atom. The van der Waals surface area contributed by atoms with Gasteiger partial charge in [0.15, 0.2) is 0 Å². The van der Waals surface area contributed by atoms with Crippen LogP contribution >= 0.6 is 15.9 Å². The maximum absolute atomic E-state index is 13.5. The first-order valence-electron chi connectivity index (χ1n) is 6.97. The molecular weight excluding hydrogens is 333 g/mol. The van der Waals surface area contributed by atoms with Crippen LogP contribution in [-0.4, -0.2) is 7.11 Å². The van der Waals surface area contributed by atoms with E-state index >= 15 is 0 Å². The number of halogens is 2. The van der Waals surface area contributed by atoms with Gasteiger partial charge in [-0.1, -0.05) is 6.07 Å². The van der Waals surface area contributed by atoms with Crippen LogP contribution in [-0.2, 0) is 6.42 Å². The molecule has 0 heterocycles. The monoisotopic (exact) mass is 349 g/mol. The number of hydrogen-bond acceptors (Lipinski definition) is 2. The van der Waals surface area contributed by atoms with Gasteiger partial charge < -0.3 is 10.1 Å². The number of anilines is 1. The van der Waals surface area contributed by atoms with Gasteiger partial charge in [-0.25, -0.2) is 4.39 Å². The summed E-state index contributed by atoms with van der Waals surface area (Å²) in [5.41, 5.74) is 4.50. The minimum Gasteiger partial charge on any atom is -0.497 e. The van der Waals surface area contributed by atoms with E-state index in [0.29, 0.717) is 4.47 Å². The van der Waals surface area contributed by atoms with Crippen molar-refractivity contribution >= 4 is 21.6 Å². The molecule has 4 heteroatoms.